The van der Waals surface area contributed by atoms with Gasteiger partial charge in [-0.1, -0.05) is 41.9 Å². The third kappa shape index (κ3) is 6.82. The molecule has 0 radical (unpaired) electrons. The number of likely N-dealkylation sites (N-methyl/N-ethyl adjacent to an activating group) is 1. The van der Waals surface area contributed by atoms with E-state index in [-0.39, 0.29) is 10.8 Å². The second-order valence-corrected chi connectivity index (χ2v) is 9.23. The maximum atomic E-state index is 12.5. The van der Waals surface area contributed by atoms with Gasteiger partial charge in [-0.2, -0.15) is 0 Å². The third-order valence-corrected chi connectivity index (χ3v) is 6.25. The molecule has 0 unspecified atom stereocenters. The fraction of sp³-hybridized carbons (Fsp3) is 0.174. The minimum atomic E-state index is -3.76. The summed E-state index contributed by atoms with van der Waals surface area (Å²) in [5, 5.41) is 3.38. The highest BCUT2D eigenvalue weighted by atomic mass is 35.5. The summed E-state index contributed by atoms with van der Waals surface area (Å²) in [6.45, 7) is 1.97. The number of hydrogen-bond donors (Lipinski definition) is 2. The van der Waals surface area contributed by atoms with Crippen LogP contribution >= 0.6 is 11.6 Å². The number of rotatable bonds is 9. The quantitative estimate of drug-likeness (QED) is 0.509. The Morgan fingerprint density at radius 2 is 1.58 bits per heavy atom. The van der Waals surface area contributed by atoms with E-state index in [0.717, 1.165) is 6.54 Å². The topological polar surface area (TPSA) is 78.5 Å². The highest BCUT2D eigenvalue weighted by Gasteiger charge is 2.15. The van der Waals surface area contributed by atoms with Crippen LogP contribution in [0.15, 0.2) is 83.8 Å². The molecule has 0 aromatic heterocycles. The van der Waals surface area contributed by atoms with Crippen LogP contribution in [0.4, 0.5) is 5.69 Å². The monoisotopic (exact) mass is 457 g/mol. The lowest BCUT2D eigenvalue weighted by Crippen LogP contribution is -2.32. The summed E-state index contributed by atoms with van der Waals surface area (Å²) in [6, 6.07) is 22.3. The van der Waals surface area contributed by atoms with Crippen molar-refractivity contribution in [3.63, 3.8) is 0 Å². The lowest BCUT2D eigenvalue weighted by atomic mass is 10.2. The maximum absolute atomic E-state index is 12.5. The van der Waals surface area contributed by atoms with Gasteiger partial charge in [-0.3, -0.25) is 9.52 Å². The van der Waals surface area contributed by atoms with Crippen molar-refractivity contribution in [2.45, 2.75) is 11.4 Å². The molecule has 0 saturated heterocycles. The first-order valence-corrected chi connectivity index (χ1v) is 11.6. The van der Waals surface area contributed by atoms with Crippen LogP contribution in [0.2, 0.25) is 5.02 Å². The lowest BCUT2D eigenvalue weighted by Gasteiger charge is -2.17. The zero-order chi connectivity index (χ0) is 22.3. The molecule has 3 aromatic carbocycles. The van der Waals surface area contributed by atoms with Crippen LogP contribution in [-0.2, 0) is 16.6 Å². The first-order valence-electron chi connectivity index (χ1n) is 9.72. The van der Waals surface area contributed by atoms with Crippen LogP contribution < -0.4 is 10.0 Å². The molecule has 0 aliphatic heterocycles. The van der Waals surface area contributed by atoms with Crippen LogP contribution in [0.5, 0.6) is 0 Å². The number of carbonyl (C=O) groups is 1. The van der Waals surface area contributed by atoms with Gasteiger partial charge in [0.1, 0.15) is 0 Å². The van der Waals surface area contributed by atoms with E-state index in [0.29, 0.717) is 29.4 Å². The zero-order valence-corrected chi connectivity index (χ0v) is 18.7. The Hall–Kier alpha value is -2.87. The van der Waals surface area contributed by atoms with E-state index in [2.05, 4.69) is 27.1 Å². The van der Waals surface area contributed by atoms with Gasteiger partial charge in [-0.25, -0.2) is 8.42 Å². The Bertz CT molecular complexity index is 1100. The Morgan fingerprint density at radius 1 is 0.935 bits per heavy atom. The van der Waals surface area contributed by atoms with E-state index in [1.807, 2.05) is 25.2 Å². The average Bonchev–Trinajstić information content (AvgIpc) is 2.76. The fourth-order valence-electron chi connectivity index (χ4n) is 2.95. The number of carbonyl (C=O) groups excluding carboxylic acids is 1. The summed E-state index contributed by atoms with van der Waals surface area (Å²) in [5.41, 5.74) is 2.02. The molecule has 162 valence electrons. The predicted molar refractivity (Wildman–Crippen MR) is 124 cm³/mol. The Labute approximate surface area is 187 Å². The van der Waals surface area contributed by atoms with Crippen molar-refractivity contribution in [3.05, 3.63) is 95.0 Å². The summed E-state index contributed by atoms with van der Waals surface area (Å²) in [5.74, 6) is -0.247. The minimum absolute atomic E-state index is 0.0709. The zero-order valence-electron chi connectivity index (χ0n) is 17.1. The van der Waals surface area contributed by atoms with Crippen LogP contribution in [-0.4, -0.2) is 39.4 Å². The van der Waals surface area contributed by atoms with Gasteiger partial charge >= 0.3 is 0 Å². The molecule has 1 amide bonds. The predicted octanol–water partition coefficient (Wildman–Crippen LogP) is 4.00. The first-order chi connectivity index (χ1) is 14.8. The summed E-state index contributed by atoms with van der Waals surface area (Å²) in [4.78, 5) is 14.6. The summed E-state index contributed by atoms with van der Waals surface area (Å²) >= 11 is 5.82. The number of nitrogens with zero attached hydrogens (tertiary/aromatic N) is 1. The molecule has 6 nitrogen and oxygen atoms in total. The van der Waals surface area contributed by atoms with Gasteiger partial charge in [0.05, 0.1) is 4.90 Å². The normalized spacial score (nSPS) is 11.3. The molecular weight excluding hydrogens is 434 g/mol. The van der Waals surface area contributed by atoms with Crippen molar-refractivity contribution >= 4 is 33.2 Å². The Balaban J connectivity index is 1.51. The number of anilines is 1. The molecule has 0 bridgehead atoms. The average molecular weight is 458 g/mol. The minimum Gasteiger partial charge on any atom is -0.351 e. The smallest absolute Gasteiger partial charge is 0.261 e. The second-order valence-electron chi connectivity index (χ2n) is 7.12. The van der Waals surface area contributed by atoms with E-state index in [9.17, 15) is 13.2 Å². The van der Waals surface area contributed by atoms with Crippen LogP contribution in [0.1, 0.15) is 15.9 Å². The van der Waals surface area contributed by atoms with Gasteiger partial charge in [0.25, 0.3) is 15.9 Å². The lowest BCUT2D eigenvalue weighted by molar-refractivity contribution is 0.0949. The molecule has 0 aliphatic carbocycles. The summed E-state index contributed by atoms with van der Waals surface area (Å²) in [6.07, 6.45) is 0. The third-order valence-electron chi connectivity index (χ3n) is 4.60. The number of hydrogen-bond acceptors (Lipinski definition) is 4. The van der Waals surface area contributed by atoms with Gasteiger partial charge in [0.2, 0.25) is 0 Å². The summed E-state index contributed by atoms with van der Waals surface area (Å²) < 4.78 is 27.5. The molecular formula is C23H24ClN3O3S. The number of nitrogens with one attached hydrogen (secondary N) is 2. The van der Waals surface area contributed by atoms with E-state index < -0.39 is 10.0 Å². The van der Waals surface area contributed by atoms with Gasteiger partial charge < -0.3 is 10.2 Å². The standard InChI is InChI=1S/C23H24ClN3O3S/c1-27(17-18-5-3-2-4-6-18)16-15-25-23(28)19-7-13-22(14-8-19)31(29,30)26-21-11-9-20(24)10-12-21/h2-14,26H,15-17H2,1H3,(H,25,28). The van der Waals surface area contributed by atoms with E-state index >= 15 is 0 Å². The highest BCUT2D eigenvalue weighted by Crippen LogP contribution is 2.18. The molecule has 3 aromatic rings. The van der Waals surface area contributed by atoms with E-state index in [4.69, 9.17) is 11.6 Å². The molecule has 0 fully saturated rings. The van der Waals surface area contributed by atoms with Crippen molar-refractivity contribution < 1.29 is 13.2 Å². The number of amides is 1. The Morgan fingerprint density at radius 3 is 2.23 bits per heavy atom. The molecule has 0 heterocycles. The molecule has 31 heavy (non-hydrogen) atoms. The summed E-state index contributed by atoms with van der Waals surface area (Å²) in [7, 11) is -1.77. The molecule has 2 N–H and O–H groups in total. The second kappa shape index (κ2) is 10.4. The highest BCUT2D eigenvalue weighted by molar-refractivity contribution is 7.92. The van der Waals surface area contributed by atoms with Crippen molar-refractivity contribution in [1.82, 2.24) is 10.2 Å². The van der Waals surface area contributed by atoms with Crippen molar-refractivity contribution in [1.29, 1.82) is 0 Å². The van der Waals surface area contributed by atoms with Crippen LogP contribution in [0.3, 0.4) is 0 Å². The van der Waals surface area contributed by atoms with Crippen LogP contribution in [0.25, 0.3) is 0 Å². The number of sulfonamides is 1. The molecule has 0 spiro atoms. The maximum Gasteiger partial charge on any atom is 0.261 e. The molecule has 3 rings (SSSR count). The molecule has 0 aliphatic rings. The number of halogens is 1. The van der Waals surface area contributed by atoms with Crippen molar-refractivity contribution in [3.8, 4) is 0 Å². The molecule has 0 saturated carbocycles. The van der Waals surface area contributed by atoms with Crippen LogP contribution in [0, 0.1) is 0 Å². The van der Waals surface area contributed by atoms with E-state index in [1.165, 1.54) is 29.8 Å². The van der Waals surface area contributed by atoms with E-state index in [1.54, 1.807) is 24.3 Å². The van der Waals surface area contributed by atoms with Gasteiger partial charge in [-0.05, 0) is 61.1 Å². The van der Waals surface area contributed by atoms with Crippen molar-refractivity contribution in [2.24, 2.45) is 0 Å². The van der Waals surface area contributed by atoms with Gasteiger partial charge in [0, 0.05) is 35.9 Å². The first kappa shape index (κ1) is 22.8. The molecule has 0 atom stereocenters. The van der Waals surface area contributed by atoms with Gasteiger partial charge in [0.15, 0.2) is 0 Å². The van der Waals surface area contributed by atoms with Gasteiger partial charge in [-0.15, -0.1) is 0 Å². The molecule has 8 heteroatoms. The van der Waals surface area contributed by atoms with Crippen molar-refractivity contribution in [2.75, 3.05) is 24.9 Å². The fourth-order valence-corrected chi connectivity index (χ4v) is 4.14. The Kier molecular flexibility index (Phi) is 7.68. The number of benzene rings is 3. The largest absolute Gasteiger partial charge is 0.351 e. The SMILES string of the molecule is CN(CCNC(=O)c1ccc(S(=O)(=O)Nc2ccc(Cl)cc2)cc1)Cc1ccccc1.